The van der Waals surface area contributed by atoms with Gasteiger partial charge in [-0.3, -0.25) is 4.79 Å². The van der Waals surface area contributed by atoms with Gasteiger partial charge in [0, 0.05) is 12.6 Å². The summed E-state index contributed by atoms with van der Waals surface area (Å²) < 4.78 is 64.2. The summed E-state index contributed by atoms with van der Waals surface area (Å²) in [6.45, 7) is -0.0999. The van der Waals surface area contributed by atoms with Gasteiger partial charge in [0.25, 0.3) is 5.91 Å². The molecule has 0 unspecified atom stereocenters. The quantitative estimate of drug-likeness (QED) is 0.799. The fraction of sp³-hybridized carbons (Fsp3) is 0.357. The first-order chi connectivity index (χ1) is 11.0. The number of hydrogen-bond donors (Lipinski definition) is 0. The van der Waals surface area contributed by atoms with E-state index in [1.54, 1.807) is 6.92 Å². The van der Waals surface area contributed by atoms with Crippen molar-refractivity contribution in [3.8, 4) is 5.69 Å². The van der Waals surface area contributed by atoms with Crippen LogP contribution in [0.2, 0.25) is 0 Å². The van der Waals surface area contributed by atoms with Crippen molar-refractivity contribution in [3.05, 3.63) is 42.0 Å². The van der Waals surface area contributed by atoms with Crippen LogP contribution in [0.4, 0.5) is 22.0 Å². The summed E-state index contributed by atoms with van der Waals surface area (Å²) >= 11 is 0. The minimum Gasteiger partial charge on any atom is -0.335 e. The lowest BCUT2D eigenvalue weighted by Crippen LogP contribution is -2.47. The third-order valence-electron chi connectivity index (χ3n) is 3.31. The van der Waals surface area contributed by atoms with Gasteiger partial charge < -0.3 is 4.90 Å². The molecule has 5 nitrogen and oxygen atoms in total. The molecule has 0 spiro atoms. The minimum absolute atomic E-state index is 0.00293. The number of carbonyl (C=O) groups excluding carboxylic acids is 1. The SMILES string of the molecule is Cc1cc(C(=O)N(C)CC(F)(F)C(F)(F)F)ccc1-n1cncn1. The van der Waals surface area contributed by atoms with Crippen LogP contribution in [0, 0.1) is 6.92 Å². The second-order valence-electron chi connectivity index (χ2n) is 5.20. The van der Waals surface area contributed by atoms with Crippen LogP contribution in [0.3, 0.4) is 0 Å². The van der Waals surface area contributed by atoms with Crippen molar-refractivity contribution in [2.75, 3.05) is 13.6 Å². The molecule has 0 saturated heterocycles. The van der Waals surface area contributed by atoms with Gasteiger partial charge in [-0.15, -0.1) is 0 Å². The highest BCUT2D eigenvalue weighted by Gasteiger charge is 2.58. The lowest BCUT2D eigenvalue weighted by molar-refractivity contribution is -0.283. The Hall–Kier alpha value is -2.52. The second-order valence-corrected chi connectivity index (χ2v) is 5.20. The third-order valence-corrected chi connectivity index (χ3v) is 3.31. The number of carbonyl (C=O) groups is 1. The minimum atomic E-state index is -5.71. The molecule has 1 heterocycles. The van der Waals surface area contributed by atoms with Crippen molar-refractivity contribution in [2.24, 2.45) is 0 Å². The Kier molecular flexibility index (Phi) is 4.59. The van der Waals surface area contributed by atoms with Crippen LogP contribution >= 0.6 is 0 Å². The third kappa shape index (κ3) is 3.52. The Balaban J connectivity index is 2.20. The molecule has 0 aliphatic rings. The van der Waals surface area contributed by atoms with E-state index in [9.17, 15) is 26.7 Å². The van der Waals surface area contributed by atoms with Crippen LogP contribution in [0.15, 0.2) is 30.9 Å². The molecule has 0 bridgehead atoms. The van der Waals surface area contributed by atoms with Gasteiger partial charge in [-0.2, -0.15) is 27.1 Å². The summed E-state index contributed by atoms with van der Waals surface area (Å²) in [5.74, 6) is -5.92. The van der Waals surface area contributed by atoms with E-state index in [0.717, 1.165) is 7.05 Å². The van der Waals surface area contributed by atoms with Crippen molar-refractivity contribution >= 4 is 5.91 Å². The van der Waals surface area contributed by atoms with Crippen LogP contribution in [0.5, 0.6) is 0 Å². The number of aromatic nitrogens is 3. The maximum absolute atomic E-state index is 13.0. The maximum atomic E-state index is 13.0. The molecule has 0 fully saturated rings. The zero-order valence-corrected chi connectivity index (χ0v) is 12.7. The average molecular weight is 348 g/mol. The van der Waals surface area contributed by atoms with Gasteiger partial charge in [0.1, 0.15) is 12.7 Å². The van der Waals surface area contributed by atoms with E-state index < -0.39 is 24.6 Å². The Morgan fingerprint density at radius 2 is 1.92 bits per heavy atom. The lowest BCUT2D eigenvalue weighted by Gasteiger charge is -2.25. The van der Waals surface area contributed by atoms with E-state index in [2.05, 4.69) is 10.1 Å². The number of nitrogens with zero attached hydrogens (tertiary/aromatic N) is 4. The van der Waals surface area contributed by atoms with E-state index in [1.165, 1.54) is 35.5 Å². The molecule has 0 atom stereocenters. The average Bonchev–Trinajstić information content (AvgIpc) is 2.98. The van der Waals surface area contributed by atoms with Gasteiger partial charge in [-0.1, -0.05) is 0 Å². The van der Waals surface area contributed by atoms with Crippen LogP contribution in [-0.4, -0.2) is 51.3 Å². The molecule has 2 rings (SSSR count). The number of halogens is 5. The summed E-state index contributed by atoms with van der Waals surface area (Å²) in [6.07, 6.45) is -2.97. The molecule has 10 heteroatoms. The van der Waals surface area contributed by atoms with Crippen molar-refractivity contribution in [1.29, 1.82) is 0 Å². The second kappa shape index (κ2) is 6.17. The summed E-state index contributed by atoms with van der Waals surface area (Å²) in [5, 5.41) is 3.92. The summed E-state index contributed by atoms with van der Waals surface area (Å²) in [6, 6.07) is 4.23. The zero-order chi connectivity index (χ0) is 18.1. The van der Waals surface area contributed by atoms with Crippen molar-refractivity contribution in [2.45, 2.75) is 19.0 Å². The molecule has 24 heavy (non-hydrogen) atoms. The largest absolute Gasteiger partial charge is 0.455 e. The van der Waals surface area contributed by atoms with Crippen molar-refractivity contribution < 1.29 is 26.7 Å². The Morgan fingerprint density at radius 1 is 1.25 bits per heavy atom. The Bertz CT molecular complexity index is 727. The lowest BCUT2D eigenvalue weighted by atomic mass is 10.1. The molecule has 0 radical (unpaired) electrons. The molecule has 0 aliphatic carbocycles. The first kappa shape index (κ1) is 17.8. The van der Waals surface area contributed by atoms with Crippen molar-refractivity contribution in [1.82, 2.24) is 19.7 Å². The molecule has 0 saturated carbocycles. The van der Waals surface area contributed by atoms with Gasteiger partial charge in [-0.25, -0.2) is 9.67 Å². The number of hydrogen-bond acceptors (Lipinski definition) is 3. The predicted molar refractivity (Wildman–Crippen MR) is 74.1 cm³/mol. The van der Waals surface area contributed by atoms with E-state index in [-0.39, 0.29) is 5.56 Å². The standard InChI is InChI=1S/C14H13F5N4O/c1-9-5-10(3-4-11(9)23-8-20-7-21-23)12(24)22(2)6-13(15,16)14(17,18)19/h3-5,7-8H,6H2,1-2H3. The fourth-order valence-corrected chi connectivity index (χ4v) is 2.06. The summed E-state index contributed by atoms with van der Waals surface area (Å²) in [5.41, 5.74) is 1.19. The summed E-state index contributed by atoms with van der Waals surface area (Å²) in [4.78, 5) is 16.2. The highest BCUT2D eigenvalue weighted by atomic mass is 19.4. The van der Waals surface area contributed by atoms with E-state index in [4.69, 9.17) is 0 Å². The molecule has 1 aromatic carbocycles. The highest BCUT2D eigenvalue weighted by molar-refractivity contribution is 5.94. The monoisotopic (exact) mass is 348 g/mol. The Morgan fingerprint density at radius 3 is 2.42 bits per heavy atom. The molecular formula is C14H13F5N4O. The van der Waals surface area contributed by atoms with Gasteiger partial charge in [0.2, 0.25) is 0 Å². The van der Waals surface area contributed by atoms with Crippen LogP contribution in [0.1, 0.15) is 15.9 Å². The van der Waals surface area contributed by atoms with Crippen molar-refractivity contribution in [3.63, 3.8) is 0 Å². The number of benzene rings is 1. The molecule has 0 aliphatic heterocycles. The topological polar surface area (TPSA) is 51.0 Å². The van der Waals surface area contributed by atoms with E-state index in [0.29, 0.717) is 16.2 Å². The van der Waals surface area contributed by atoms with Gasteiger partial charge in [0.15, 0.2) is 0 Å². The molecule has 130 valence electrons. The zero-order valence-electron chi connectivity index (χ0n) is 12.7. The van der Waals surface area contributed by atoms with Gasteiger partial charge in [0.05, 0.1) is 12.2 Å². The summed E-state index contributed by atoms with van der Waals surface area (Å²) in [7, 11) is 0.892. The first-order valence-electron chi connectivity index (χ1n) is 6.68. The fourth-order valence-electron chi connectivity index (χ4n) is 2.06. The number of amides is 1. The number of rotatable bonds is 4. The number of alkyl halides is 5. The van der Waals surface area contributed by atoms with E-state index >= 15 is 0 Å². The molecular weight excluding hydrogens is 335 g/mol. The van der Waals surface area contributed by atoms with Gasteiger partial charge in [-0.05, 0) is 30.7 Å². The van der Waals surface area contributed by atoms with Crippen LogP contribution in [-0.2, 0) is 0 Å². The molecule has 2 aromatic rings. The molecule has 0 N–H and O–H groups in total. The number of aryl methyl sites for hydroxylation is 1. The van der Waals surface area contributed by atoms with Crippen LogP contribution in [0.25, 0.3) is 5.69 Å². The van der Waals surface area contributed by atoms with Crippen LogP contribution < -0.4 is 0 Å². The first-order valence-corrected chi connectivity index (χ1v) is 6.68. The molecule has 1 amide bonds. The smallest absolute Gasteiger partial charge is 0.335 e. The van der Waals surface area contributed by atoms with E-state index in [1.807, 2.05) is 0 Å². The predicted octanol–water partition coefficient (Wildman–Crippen LogP) is 2.85. The molecule has 1 aromatic heterocycles. The Labute approximate surface area is 133 Å². The van der Waals surface area contributed by atoms with Gasteiger partial charge >= 0.3 is 12.1 Å². The highest BCUT2D eigenvalue weighted by Crippen LogP contribution is 2.36. The maximum Gasteiger partial charge on any atom is 0.455 e. The normalized spacial score (nSPS) is 12.3.